The van der Waals surface area contributed by atoms with Gasteiger partial charge in [0.05, 0.1) is 18.2 Å². The maximum atomic E-state index is 13.6. The van der Waals surface area contributed by atoms with Crippen molar-refractivity contribution in [2.75, 3.05) is 6.61 Å². The van der Waals surface area contributed by atoms with Gasteiger partial charge in [0, 0.05) is 23.6 Å². The van der Waals surface area contributed by atoms with Gasteiger partial charge >= 0.3 is 6.03 Å². The number of aliphatic hydroxyl groups excluding tert-OH is 1. The number of rotatable bonds is 4. The number of carbonyl (C=O) groups is 1. The molecular weight excluding hydrogens is 285 g/mol. The third-order valence-electron chi connectivity index (χ3n) is 4.36. The summed E-state index contributed by atoms with van der Waals surface area (Å²) < 4.78 is 13.6. The summed E-state index contributed by atoms with van der Waals surface area (Å²) in [6.07, 6.45) is 2.65. The molecule has 1 fully saturated rings. The van der Waals surface area contributed by atoms with Crippen LogP contribution in [0.25, 0.3) is 0 Å². The summed E-state index contributed by atoms with van der Waals surface area (Å²) in [5, 5.41) is 23.7. The van der Waals surface area contributed by atoms with Gasteiger partial charge in [-0.05, 0) is 31.0 Å². The topological polar surface area (TPSA) is 85.2 Å². The summed E-state index contributed by atoms with van der Waals surface area (Å²) in [5.74, 6) is -0.458. The molecule has 2 rings (SSSR count). The van der Waals surface area contributed by atoms with E-state index >= 15 is 0 Å². The molecule has 5 nitrogen and oxygen atoms in total. The molecule has 1 aliphatic rings. The summed E-state index contributed by atoms with van der Waals surface area (Å²) in [6.45, 7) is 1.98. The van der Waals surface area contributed by atoms with Crippen molar-refractivity contribution in [2.24, 2.45) is 5.41 Å². The molecule has 3 N–H and O–H groups in total. The van der Waals surface area contributed by atoms with Crippen LogP contribution >= 0.6 is 0 Å². The predicted molar refractivity (Wildman–Crippen MR) is 79.3 cm³/mol. The van der Waals surface area contributed by atoms with Gasteiger partial charge in [-0.15, -0.1) is 0 Å². The highest BCUT2D eigenvalue weighted by atomic mass is 19.1. The zero-order valence-electron chi connectivity index (χ0n) is 12.5. The first kappa shape index (κ1) is 16.2. The van der Waals surface area contributed by atoms with E-state index in [0.29, 0.717) is 5.56 Å². The lowest BCUT2D eigenvalue weighted by Gasteiger charge is -2.30. The van der Waals surface area contributed by atoms with Crippen LogP contribution in [0.4, 0.5) is 9.18 Å². The number of halogens is 1. The van der Waals surface area contributed by atoms with Crippen LogP contribution in [0.15, 0.2) is 18.2 Å². The molecule has 1 saturated carbocycles. The molecule has 2 atom stereocenters. The molecular formula is C16H20FN3O2. The smallest absolute Gasteiger partial charge is 0.315 e. The van der Waals surface area contributed by atoms with Crippen LogP contribution in [0.3, 0.4) is 0 Å². The first-order chi connectivity index (χ1) is 10.5. The molecule has 0 saturated heterocycles. The Bertz CT molecular complexity index is 600. The largest absolute Gasteiger partial charge is 0.396 e. The summed E-state index contributed by atoms with van der Waals surface area (Å²) in [7, 11) is 0. The number of amides is 2. The summed E-state index contributed by atoms with van der Waals surface area (Å²) in [6, 6.07) is 5.48. The Labute approximate surface area is 129 Å². The monoisotopic (exact) mass is 305 g/mol. The Morgan fingerprint density at radius 2 is 2.36 bits per heavy atom. The molecule has 1 aliphatic carbocycles. The Morgan fingerprint density at radius 3 is 3.05 bits per heavy atom. The molecule has 0 bridgehead atoms. The van der Waals surface area contributed by atoms with Crippen LogP contribution in [-0.4, -0.2) is 23.8 Å². The molecule has 118 valence electrons. The zero-order chi connectivity index (χ0) is 16.2. The minimum atomic E-state index is -0.458. The van der Waals surface area contributed by atoms with E-state index in [4.69, 9.17) is 5.26 Å². The maximum absolute atomic E-state index is 13.6. The van der Waals surface area contributed by atoms with Gasteiger partial charge in [0.25, 0.3) is 0 Å². The van der Waals surface area contributed by atoms with Gasteiger partial charge in [0.1, 0.15) is 5.82 Å². The number of hydrogen-bond acceptors (Lipinski definition) is 3. The van der Waals surface area contributed by atoms with Crippen LogP contribution in [0, 0.1) is 22.6 Å². The summed E-state index contributed by atoms with van der Waals surface area (Å²) in [4.78, 5) is 12.0. The van der Waals surface area contributed by atoms with Crippen LogP contribution in [0.5, 0.6) is 0 Å². The van der Waals surface area contributed by atoms with Gasteiger partial charge in [-0.1, -0.05) is 13.3 Å². The first-order valence-electron chi connectivity index (χ1n) is 7.32. The van der Waals surface area contributed by atoms with Crippen molar-refractivity contribution in [2.45, 2.75) is 38.8 Å². The second-order valence-corrected chi connectivity index (χ2v) is 6.00. The van der Waals surface area contributed by atoms with Crippen molar-refractivity contribution < 1.29 is 14.3 Å². The normalized spacial score (nSPS) is 23.8. The van der Waals surface area contributed by atoms with Gasteiger partial charge in [-0.3, -0.25) is 0 Å². The van der Waals surface area contributed by atoms with Crippen LogP contribution in [0.1, 0.15) is 37.3 Å². The minimum absolute atomic E-state index is 0.00967. The van der Waals surface area contributed by atoms with Crippen molar-refractivity contribution in [1.82, 2.24) is 10.6 Å². The molecule has 0 spiro atoms. The SMILES string of the molecule is CC1(CO)CCCC1NC(=O)NCc1cc(C#N)ccc1F. The highest BCUT2D eigenvalue weighted by Gasteiger charge is 2.39. The van der Waals surface area contributed by atoms with E-state index in [1.807, 2.05) is 13.0 Å². The van der Waals surface area contributed by atoms with Gasteiger partial charge in [0.2, 0.25) is 0 Å². The van der Waals surface area contributed by atoms with E-state index in [1.165, 1.54) is 18.2 Å². The summed E-state index contributed by atoms with van der Waals surface area (Å²) >= 11 is 0. The van der Waals surface area contributed by atoms with Crippen molar-refractivity contribution >= 4 is 6.03 Å². The number of nitriles is 1. The molecule has 6 heteroatoms. The predicted octanol–water partition coefficient (Wildman–Crippen LogP) is 2.05. The molecule has 1 aromatic rings. The number of nitrogens with zero attached hydrogens (tertiary/aromatic N) is 1. The van der Waals surface area contributed by atoms with E-state index in [2.05, 4.69) is 10.6 Å². The lowest BCUT2D eigenvalue weighted by molar-refractivity contribution is 0.121. The van der Waals surface area contributed by atoms with E-state index in [1.54, 1.807) is 0 Å². The van der Waals surface area contributed by atoms with Crippen LogP contribution in [0.2, 0.25) is 0 Å². The van der Waals surface area contributed by atoms with Gasteiger partial charge < -0.3 is 15.7 Å². The van der Waals surface area contributed by atoms with E-state index in [0.717, 1.165) is 19.3 Å². The van der Waals surface area contributed by atoms with E-state index < -0.39 is 11.8 Å². The first-order valence-corrected chi connectivity index (χ1v) is 7.32. The van der Waals surface area contributed by atoms with E-state index in [9.17, 15) is 14.3 Å². The minimum Gasteiger partial charge on any atom is -0.396 e. The Morgan fingerprint density at radius 1 is 1.59 bits per heavy atom. The number of hydrogen-bond donors (Lipinski definition) is 3. The maximum Gasteiger partial charge on any atom is 0.315 e. The number of carbonyl (C=O) groups excluding carboxylic acids is 1. The number of nitrogens with one attached hydrogen (secondary N) is 2. The van der Waals surface area contributed by atoms with Gasteiger partial charge in [-0.25, -0.2) is 9.18 Å². The molecule has 2 unspecified atom stereocenters. The van der Waals surface area contributed by atoms with Crippen molar-refractivity contribution in [3.63, 3.8) is 0 Å². The number of aliphatic hydroxyl groups is 1. The third-order valence-corrected chi connectivity index (χ3v) is 4.36. The average Bonchev–Trinajstić information content (AvgIpc) is 2.88. The molecule has 22 heavy (non-hydrogen) atoms. The van der Waals surface area contributed by atoms with Gasteiger partial charge in [0.15, 0.2) is 0 Å². The van der Waals surface area contributed by atoms with Crippen molar-refractivity contribution in [1.29, 1.82) is 5.26 Å². The highest BCUT2D eigenvalue weighted by molar-refractivity contribution is 5.74. The fourth-order valence-electron chi connectivity index (χ4n) is 2.83. The molecule has 0 aromatic heterocycles. The molecule has 2 amide bonds. The third kappa shape index (κ3) is 3.55. The van der Waals surface area contributed by atoms with Crippen LogP contribution in [-0.2, 0) is 6.54 Å². The zero-order valence-corrected chi connectivity index (χ0v) is 12.5. The average molecular weight is 305 g/mol. The fraction of sp³-hybridized carbons (Fsp3) is 0.500. The van der Waals surface area contributed by atoms with Crippen molar-refractivity contribution in [3.05, 3.63) is 35.1 Å². The quantitative estimate of drug-likeness (QED) is 0.796. The second-order valence-electron chi connectivity index (χ2n) is 6.00. The number of benzene rings is 1. The van der Waals surface area contributed by atoms with Crippen LogP contribution < -0.4 is 10.6 Å². The Kier molecular flexibility index (Phi) is 4.99. The molecule has 1 aromatic carbocycles. The van der Waals surface area contributed by atoms with E-state index in [-0.39, 0.29) is 30.2 Å². The highest BCUT2D eigenvalue weighted by Crippen LogP contribution is 2.37. The number of urea groups is 1. The van der Waals surface area contributed by atoms with Crippen molar-refractivity contribution in [3.8, 4) is 6.07 Å². The lowest BCUT2D eigenvalue weighted by Crippen LogP contribution is -2.48. The molecule has 0 radical (unpaired) electrons. The Hall–Kier alpha value is -2.13. The summed E-state index contributed by atoms with van der Waals surface area (Å²) in [5.41, 5.74) is 0.316. The standard InChI is InChI=1S/C16H20FN3O2/c1-16(10-21)6-2-3-14(16)20-15(22)19-9-12-7-11(8-18)4-5-13(12)17/h4-5,7,14,21H,2-3,6,9-10H2,1H3,(H2,19,20,22). The molecule has 0 aliphatic heterocycles. The second kappa shape index (κ2) is 6.75. The Balaban J connectivity index is 1.92. The van der Waals surface area contributed by atoms with Gasteiger partial charge in [-0.2, -0.15) is 5.26 Å². The molecule has 0 heterocycles. The lowest BCUT2D eigenvalue weighted by atomic mass is 9.86. The fourth-order valence-corrected chi connectivity index (χ4v) is 2.83.